The Hall–Kier alpha value is -3.90. The largest absolute Gasteiger partial charge is 0.422 e. The molecule has 31 heavy (non-hydrogen) atoms. The van der Waals surface area contributed by atoms with Gasteiger partial charge in [-0.3, -0.25) is 15.0 Å². The van der Waals surface area contributed by atoms with Crippen molar-refractivity contribution in [2.75, 3.05) is 5.01 Å². The van der Waals surface area contributed by atoms with Gasteiger partial charge in [-0.05, 0) is 55.5 Å². The van der Waals surface area contributed by atoms with Crippen LogP contribution in [0.1, 0.15) is 21.5 Å². The van der Waals surface area contributed by atoms with Crippen LogP contribution in [-0.4, -0.2) is 17.8 Å². The second-order valence-corrected chi connectivity index (χ2v) is 7.35. The van der Waals surface area contributed by atoms with Crippen LogP contribution >= 0.6 is 11.6 Å². The molecule has 1 aliphatic rings. The molecular formula is C24H17ClN2O4. The maximum atomic E-state index is 12.8. The molecule has 3 aromatic carbocycles. The van der Waals surface area contributed by atoms with E-state index in [1.54, 1.807) is 54.6 Å². The standard InChI is InChI=1S/C24H17ClN2O4/c1-15-7-9-16(10-8-15)24(30)31-21-12-11-18(25)13-17(21)14-20-22(28)26-27(23(20)29)19-5-3-2-4-6-19/h2-14H,1H3,(H,26,28)/b20-14-. The van der Waals surface area contributed by atoms with E-state index < -0.39 is 17.8 Å². The highest BCUT2D eigenvalue weighted by Gasteiger charge is 2.34. The number of amides is 2. The maximum Gasteiger partial charge on any atom is 0.343 e. The van der Waals surface area contributed by atoms with Crippen LogP contribution in [0.15, 0.2) is 78.4 Å². The molecule has 0 atom stereocenters. The van der Waals surface area contributed by atoms with E-state index in [1.165, 1.54) is 18.2 Å². The first-order valence-electron chi connectivity index (χ1n) is 9.43. The van der Waals surface area contributed by atoms with Crippen LogP contribution in [0.3, 0.4) is 0 Å². The van der Waals surface area contributed by atoms with Gasteiger partial charge in [0.15, 0.2) is 0 Å². The molecule has 1 aliphatic heterocycles. The molecule has 0 unspecified atom stereocenters. The molecule has 4 rings (SSSR count). The van der Waals surface area contributed by atoms with Crippen molar-refractivity contribution in [1.29, 1.82) is 0 Å². The summed E-state index contributed by atoms with van der Waals surface area (Å²) in [5.41, 5.74) is 4.69. The van der Waals surface area contributed by atoms with E-state index in [9.17, 15) is 14.4 Å². The number of para-hydroxylation sites is 1. The Balaban J connectivity index is 1.65. The first-order valence-corrected chi connectivity index (χ1v) is 9.81. The van der Waals surface area contributed by atoms with Crippen molar-refractivity contribution in [3.05, 3.63) is 100 Å². The molecule has 7 heteroatoms. The van der Waals surface area contributed by atoms with E-state index >= 15 is 0 Å². The zero-order valence-corrected chi connectivity index (χ0v) is 17.2. The maximum absolute atomic E-state index is 12.8. The highest BCUT2D eigenvalue weighted by Crippen LogP contribution is 2.28. The van der Waals surface area contributed by atoms with Gasteiger partial charge in [-0.15, -0.1) is 0 Å². The number of rotatable bonds is 4. The van der Waals surface area contributed by atoms with Crippen LogP contribution in [-0.2, 0) is 9.59 Å². The number of anilines is 1. The summed E-state index contributed by atoms with van der Waals surface area (Å²) in [7, 11) is 0. The van der Waals surface area contributed by atoms with Crippen molar-refractivity contribution >= 4 is 41.1 Å². The highest BCUT2D eigenvalue weighted by molar-refractivity contribution is 6.32. The Bertz CT molecular complexity index is 1200. The SMILES string of the molecule is Cc1ccc(C(=O)Oc2ccc(Cl)cc2/C=C2/C(=O)NN(c3ccccc3)C2=O)cc1. The summed E-state index contributed by atoms with van der Waals surface area (Å²) in [6.07, 6.45) is 1.37. The topological polar surface area (TPSA) is 75.7 Å². The molecule has 0 aromatic heterocycles. The fourth-order valence-corrected chi connectivity index (χ4v) is 3.23. The highest BCUT2D eigenvalue weighted by atomic mass is 35.5. The number of nitrogens with zero attached hydrogens (tertiary/aromatic N) is 1. The van der Waals surface area contributed by atoms with Gasteiger partial charge in [-0.1, -0.05) is 47.5 Å². The van der Waals surface area contributed by atoms with E-state index in [0.29, 0.717) is 21.8 Å². The molecule has 0 aliphatic carbocycles. The average molecular weight is 433 g/mol. The van der Waals surface area contributed by atoms with Gasteiger partial charge >= 0.3 is 5.97 Å². The summed E-state index contributed by atoms with van der Waals surface area (Å²) in [5.74, 6) is -1.46. The van der Waals surface area contributed by atoms with Gasteiger partial charge in [-0.2, -0.15) is 0 Å². The lowest BCUT2D eigenvalue weighted by Gasteiger charge is -2.14. The summed E-state index contributed by atoms with van der Waals surface area (Å²) >= 11 is 6.10. The monoisotopic (exact) mass is 432 g/mol. The molecule has 2 amide bonds. The summed E-state index contributed by atoms with van der Waals surface area (Å²) < 4.78 is 5.52. The fourth-order valence-electron chi connectivity index (χ4n) is 3.05. The van der Waals surface area contributed by atoms with Gasteiger partial charge < -0.3 is 4.74 Å². The number of hydrogen-bond acceptors (Lipinski definition) is 4. The summed E-state index contributed by atoms with van der Waals surface area (Å²) in [4.78, 5) is 37.8. The molecule has 0 bridgehead atoms. The lowest BCUT2D eigenvalue weighted by molar-refractivity contribution is -0.117. The molecule has 154 valence electrons. The van der Waals surface area contributed by atoms with E-state index in [-0.39, 0.29) is 11.3 Å². The van der Waals surface area contributed by atoms with Crippen molar-refractivity contribution < 1.29 is 19.1 Å². The lowest BCUT2D eigenvalue weighted by atomic mass is 10.1. The van der Waals surface area contributed by atoms with Crippen molar-refractivity contribution in [3.63, 3.8) is 0 Å². The number of carbonyl (C=O) groups excluding carboxylic acids is 3. The summed E-state index contributed by atoms with van der Waals surface area (Å²) in [5, 5.41) is 1.53. The van der Waals surface area contributed by atoms with E-state index in [4.69, 9.17) is 16.3 Å². The molecule has 1 N–H and O–H groups in total. The third kappa shape index (κ3) is 4.34. The van der Waals surface area contributed by atoms with E-state index in [2.05, 4.69) is 5.43 Å². The smallest absolute Gasteiger partial charge is 0.343 e. The predicted molar refractivity (Wildman–Crippen MR) is 118 cm³/mol. The van der Waals surface area contributed by atoms with Crippen molar-refractivity contribution in [3.8, 4) is 5.75 Å². The molecule has 1 fully saturated rings. The molecule has 3 aromatic rings. The average Bonchev–Trinajstić information content (AvgIpc) is 3.05. The molecule has 1 saturated heterocycles. The molecule has 0 radical (unpaired) electrons. The third-order valence-electron chi connectivity index (χ3n) is 4.67. The van der Waals surface area contributed by atoms with Crippen LogP contribution in [0.4, 0.5) is 5.69 Å². The second-order valence-electron chi connectivity index (χ2n) is 6.91. The third-order valence-corrected chi connectivity index (χ3v) is 4.90. The molecular weight excluding hydrogens is 416 g/mol. The number of halogens is 1. The number of carbonyl (C=O) groups is 3. The van der Waals surface area contributed by atoms with Gasteiger partial charge in [0.2, 0.25) is 0 Å². The minimum absolute atomic E-state index is 0.0984. The molecule has 0 saturated carbocycles. The van der Waals surface area contributed by atoms with Crippen LogP contribution in [0, 0.1) is 6.92 Å². The molecule has 6 nitrogen and oxygen atoms in total. The number of benzene rings is 3. The second kappa shape index (κ2) is 8.45. The van der Waals surface area contributed by atoms with Gasteiger partial charge in [-0.25, -0.2) is 9.80 Å². The zero-order valence-electron chi connectivity index (χ0n) is 16.5. The first-order chi connectivity index (χ1) is 14.9. The van der Waals surface area contributed by atoms with E-state index in [0.717, 1.165) is 10.6 Å². The van der Waals surface area contributed by atoms with Gasteiger partial charge in [0.05, 0.1) is 11.3 Å². The van der Waals surface area contributed by atoms with Crippen LogP contribution < -0.4 is 15.2 Å². The van der Waals surface area contributed by atoms with Gasteiger partial charge in [0.25, 0.3) is 11.8 Å². The number of nitrogens with one attached hydrogen (secondary N) is 1. The number of esters is 1. The molecule has 1 heterocycles. The first kappa shape index (κ1) is 20.4. The van der Waals surface area contributed by atoms with Crippen LogP contribution in [0.2, 0.25) is 5.02 Å². The fraction of sp³-hybridized carbons (Fsp3) is 0.0417. The number of hydrazine groups is 1. The van der Waals surface area contributed by atoms with Crippen LogP contribution in [0.5, 0.6) is 5.75 Å². The number of aryl methyl sites for hydroxylation is 1. The number of hydrogen-bond donors (Lipinski definition) is 1. The summed E-state index contributed by atoms with van der Waals surface area (Å²) in [6.45, 7) is 1.92. The normalized spacial score (nSPS) is 14.6. The quantitative estimate of drug-likeness (QED) is 0.288. The van der Waals surface area contributed by atoms with Gasteiger partial charge in [0, 0.05) is 10.6 Å². The predicted octanol–water partition coefficient (Wildman–Crippen LogP) is 4.33. The van der Waals surface area contributed by atoms with E-state index in [1.807, 2.05) is 13.0 Å². The Labute approximate surface area is 183 Å². The Kier molecular flexibility index (Phi) is 5.56. The Morgan fingerprint density at radius 2 is 1.71 bits per heavy atom. The lowest BCUT2D eigenvalue weighted by Crippen LogP contribution is -2.35. The van der Waals surface area contributed by atoms with Crippen molar-refractivity contribution in [2.45, 2.75) is 6.92 Å². The minimum Gasteiger partial charge on any atom is -0.422 e. The zero-order chi connectivity index (χ0) is 22.0. The number of ether oxygens (including phenoxy) is 1. The van der Waals surface area contributed by atoms with Crippen molar-refractivity contribution in [1.82, 2.24) is 5.43 Å². The summed E-state index contributed by atoms with van der Waals surface area (Å²) in [6, 6.07) is 20.3. The Morgan fingerprint density at radius 3 is 2.42 bits per heavy atom. The van der Waals surface area contributed by atoms with Crippen LogP contribution in [0.25, 0.3) is 6.08 Å². The minimum atomic E-state index is -0.565. The Morgan fingerprint density at radius 1 is 1.00 bits per heavy atom. The molecule has 0 spiro atoms. The van der Waals surface area contributed by atoms with Gasteiger partial charge in [0.1, 0.15) is 11.3 Å². The van der Waals surface area contributed by atoms with Crippen molar-refractivity contribution in [2.24, 2.45) is 0 Å².